The molecule has 9 heteroatoms. The molecule has 3 aromatic heterocycles. The summed E-state index contributed by atoms with van der Waals surface area (Å²) < 4.78 is 8.06. The fourth-order valence-electron chi connectivity index (χ4n) is 5.81. The fourth-order valence-corrected chi connectivity index (χ4v) is 6.54. The van der Waals surface area contributed by atoms with Crippen LogP contribution in [-0.2, 0) is 11.3 Å². The number of aromatic nitrogens is 5. The number of fused-ring (bicyclic) bond motifs is 1. The monoisotopic (exact) mass is 504 g/mol. The van der Waals surface area contributed by atoms with E-state index in [9.17, 15) is 4.79 Å². The quantitative estimate of drug-likeness (QED) is 0.372. The number of hydrogen-bond donors (Lipinski definition) is 1. The first-order valence-corrected chi connectivity index (χ1v) is 13.8. The topological polar surface area (TPSA) is 88.9 Å². The third-order valence-electron chi connectivity index (χ3n) is 7.61. The van der Waals surface area contributed by atoms with Crippen LogP contribution in [0.1, 0.15) is 72.4 Å². The molecule has 8 nitrogen and oxygen atoms in total. The second-order valence-electron chi connectivity index (χ2n) is 10.1. The van der Waals surface area contributed by atoms with E-state index in [-0.39, 0.29) is 23.7 Å². The second-order valence-corrected chi connectivity index (χ2v) is 11.1. The van der Waals surface area contributed by atoms with Gasteiger partial charge in [0.2, 0.25) is 0 Å². The number of pyridine rings is 1. The Morgan fingerprint density at radius 3 is 2.86 bits per heavy atom. The normalized spacial score (nSPS) is 19.6. The maximum absolute atomic E-state index is 13.7. The van der Waals surface area contributed by atoms with Crippen molar-refractivity contribution in [3.05, 3.63) is 74.0 Å². The van der Waals surface area contributed by atoms with Crippen molar-refractivity contribution in [2.75, 3.05) is 13.2 Å². The summed E-state index contributed by atoms with van der Waals surface area (Å²) in [5.41, 5.74) is 2.52. The van der Waals surface area contributed by atoms with Crippen molar-refractivity contribution >= 4 is 22.2 Å². The number of benzene rings is 1. The number of thiophene rings is 1. The summed E-state index contributed by atoms with van der Waals surface area (Å²) in [5.74, 6) is 0.744. The lowest BCUT2D eigenvalue weighted by Crippen LogP contribution is -2.39. The van der Waals surface area contributed by atoms with Crippen LogP contribution in [0.3, 0.4) is 0 Å². The van der Waals surface area contributed by atoms with Gasteiger partial charge in [0.1, 0.15) is 6.04 Å². The number of hydrogen-bond acceptors (Lipinski definition) is 7. The van der Waals surface area contributed by atoms with Crippen LogP contribution in [0.2, 0.25) is 0 Å². The third kappa shape index (κ3) is 4.63. The van der Waals surface area contributed by atoms with E-state index in [4.69, 9.17) is 4.74 Å². The predicted octanol–water partition coefficient (Wildman–Crippen LogP) is 4.77. The van der Waals surface area contributed by atoms with E-state index in [0.29, 0.717) is 18.7 Å². The summed E-state index contributed by atoms with van der Waals surface area (Å²) in [6.07, 6.45) is 6.71. The van der Waals surface area contributed by atoms with Crippen LogP contribution in [0.15, 0.2) is 46.6 Å². The molecule has 1 aromatic carbocycles. The maximum Gasteiger partial charge on any atom is 0.253 e. The molecule has 0 radical (unpaired) electrons. The number of aryl methyl sites for hydroxylation is 1. The van der Waals surface area contributed by atoms with Gasteiger partial charge in [0.15, 0.2) is 5.82 Å². The zero-order valence-electron chi connectivity index (χ0n) is 20.6. The molecule has 0 spiro atoms. The average molecular weight is 505 g/mol. The Labute approximate surface area is 214 Å². The highest BCUT2D eigenvalue weighted by molar-refractivity contribution is 7.09. The molecule has 2 fully saturated rings. The molecule has 2 atom stereocenters. The van der Waals surface area contributed by atoms with Crippen molar-refractivity contribution in [1.29, 1.82) is 0 Å². The number of ether oxygens (including phenoxy) is 1. The lowest BCUT2D eigenvalue weighted by molar-refractivity contribution is 0.0574. The van der Waals surface area contributed by atoms with E-state index >= 15 is 0 Å². The standard InChI is InChI=1S/C27H32N6O2S/c1-18-7-4-8-19-15-23(27(34)28-24(18)19)25(26-29-30-31-33(26)20-9-2-3-10-20)32(16-21-11-5-13-35-21)17-22-12-6-14-36-22/h4,6-8,12,14-15,20-21,25H,2-3,5,9-11,13,16-17H2,1H3,(H,28,34)/t21-,25-/m0/s1. The smallest absolute Gasteiger partial charge is 0.253 e. The summed E-state index contributed by atoms with van der Waals surface area (Å²) in [5, 5.41) is 16.3. The van der Waals surface area contributed by atoms with Gasteiger partial charge in [-0.2, -0.15) is 0 Å². The Morgan fingerprint density at radius 2 is 2.08 bits per heavy atom. The average Bonchev–Trinajstić information content (AvgIpc) is 3.68. The Morgan fingerprint density at radius 1 is 1.19 bits per heavy atom. The van der Waals surface area contributed by atoms with Crippen LogP contribution in [0.5, 0.6) is 0 Å². The maximum atomic E-state index is 13.7. The zero-order chi connectivity index (χ0) is 24.5. The largest absolute Gasteiger partial charge is 0.377 e. The molecule has 0 amide bonds. The Hall–Kier alpha value is -2.88. The van der Waals surface area contributed by atoms with Gasteiger partial charge in [-0.25, -0.2) is 4.68 Å². The number of nitrogens with one attached hydrogen (secondary N) is 1. The van der Waals surface area contributed by atoms with Gasteiger partial charge in [-0.05, 0) is 71.5 Å². The fraction of sp³-hybridized carbons (Fsp3) is 0.481. The number of tetrazole rings is 1. The minimum atomic E-state index is -0.388. The first-order chi connectivity index (χ1) is 17.7. The van der Waals surface area contributed by atoms with Gasteiger partial charge >= 0.3 is 0 Å². The molecule has 36 heavy (non-hydrogen) atoms. The van der Waals surface area contributed by atoms with Crippen LogP contribution in [-0.4, -0.2) is 49.3 Å². The summed E-state index contributed by atoms with van der Waals surface area (Å²) in [4.78, 5) is 20.5. The van der Waals surface area contributed by atoms with Crippen molar-refractivity contribution in [1.82, 2.24) is 30.1 Å². The van der Waals surface area contributed by atoms with Gasteiger partial charge in [-0.1, -0.05) is 37.1 Å². The van der Waals surface area contributed by atoms with Crippen molar-refractivity contribution < 1.29 is 4.74 Å². The summed E-state index contributed by atoms with van der Waals surface area (Å²) in [7, 11) is 0. The molecule has 1 aliphatic carbocycles. The lowest BCUT2D eigenvalue weighted by atomic mass is 10.0. The Kier molecular flexibility index (Phi) is 6.69. The van der Waals surface area contributed by atoms with Crippen molar-refractivity contribution in [2.24, 2.45) is 0 Å². The van der Waals surface area contributed by atoms with E-state index in [1.807, 2.05) is 29.8 Å². The van der Waals surface area contributed by atoms with E-state index in [0.717, 1.165) is 54.6 Å². The first-order valence-electron chi connectivity index (χ1n) is 13.0. The van der Waals surface area contributed by atoms with Crippen molar-refractivity contribution in [3.63, 3.8) is 0 Å². The minimum Gasteiger partial charge on any atom is -0.377 e. The number of para-hydroxylation sites is 1. The minimum absolute atomic E-state index is 0.0914. The van der Waals surface area contributed by atoms with E-state index in [2.05, 4.69) is 49.0 Å². The highest BCUT2D eigenvalue weighted by Crippen LogP contribution is 2.35. The van der Waals surface area contributed by atoms with Crippen molar-refractivity contribution in [3.8, 4) is 0 Å². The van der Waals surface area contributed by atoms with Crippen LogP contribution in [0.4, 0.5) is 0 Å². The van der Waals surface area contributed by atoms with Gasteiger partial charge in [-0.15, -0.1) is 16.4 Å². The zero-order valence-corrected chi connectivity index (χ0v) is 21.4. The molecule has 6 rings (SSSR count). The summed E-state index contributed by atoms with van der Waals surface area (Å²) in [6.45, 7) is 4.23. The van der Waals surface area contributed by atoms with Crippen LogP contribution in [0.25, 0.3) is 10.9 Å². The molecule has 4 heterocycles. The number of nitrogens with zero attached hydrogens (tertiary/aromatic N) is 5. The molecular formula is C27H32N6O2S. The first kappa shape index (κ1) is 23.5. The molecule has 1 aliphatic heterocycles. The molecule has 0 unspecified atom stereocenters. The highest BCUT2D eigenvalue weighted by atomic mass is 32.1. The third-order valence-corrected chi connectivity index (χ3v) is 8.47. The van der Waals surface area contributed by atoms with E-state index in [1.165, 1.54) is 17.7 Å². The van der Waals surface area contributed by atoms with Crippen molar-refractivity contribution in [2.45, 2.75) is 70.2 Å². The Balaban J connectivity index is 1.51. The van der Waals surface area contributed by atoms with E-state index < -0.39 is 0 Å². The van der Waals surface area contributed by atoms with Crippen LogP contribution < -0.4 is 5.56 Å². The van der Waals surface area contributed by atoms with Crippen LogP contribution >= 0.6 is 11.3 Å². The van der Waals surface area contributed by atoms with Gasteiger partial charge in [0.25, 0.3) is 5.56 Å². The van der Waals surface area contributed by atoms with Gasteiger partial charge in [0.05, 0.1) is 17.7 Å². The summed E-state index contributed by atoms with van der Waals surface area (Å²) in [6, 6.07) is 12.3. The highest BCUT2D eigenvalue weighted by Gasteiger charge is 2.35. The molecule has 0 bridgehead atoms. The molecule has 1 saturated heterocycles. The van der Waals surface area contributed by atoms with E-state index in [1.54, 1.807) is 11.3 Å². The number of H-pyrrole nitrogens is 1. The van der Waals surface area contributed by atoms with Crippen LogP contribution in [0, 0.1) is 6.92 Å². The second kappa shape index (κ2) is 10.2. The van der Waals surface area contributed by atoms with Gasteiger partial charge in [-0.3, -0.25) is 9.69 Å². The lowest BCUT2D eigenvalue weighted by Gasteiger charge is -2.33. The molecular weight excluding hydrogens is 472 g/mol. The molecule has 4 aromatic rings. The van der Waals surface area contributed by atoms with Gasteiger partial charge in [0, 0.05) is 30.1 Å². The molecule has 188 valence electrons. The number of rotatable bonds is 8. The SMILES string of the molecule is Cc1cccc2cc([C@@H](c3nnnn3C3CCCC3)N(Cc3cccs3)C[C@@H]3CCCO3)c(=O)[nH]c12. The summed E-state index contributed by atoms with van der Waals surface area (Å²) >= 11 is 1.73. The Bertz CT molecular complexity index is 1370. The number of aromatic amines is 1. The van der Waals surface area contributed by atoms with Gasteiger partial charge < -0.3 is 9.72 Å². The molecule has 1 N–H and O–H groups in total. The predicted molar refractivity (Wildman–Crippen MR) is 140 cm³/mol. The molecule has 2 aliphatic rings. The molecule has 1 saturated carbocycles.